The van der Waals surface area contributed by atoms with Gasteiger partial charge in [0.15, 0.2) is 5.13 Å². The Hall–Kier alpha value is -2.21. The lowest BCUT2D eigenvalue weighted by Gasteiger charge is -2.27. The number of rotatable bonds is 3. The second-order valence-corrected chi connectivity index (χ2v) is 7.76. The number of hydrogen-bond donors (Lipinski definition) is 1. The zero-order chi connectivity index (χ0) is 17.0. The Morgan fingerprint density at radius 1 is 1.17 bits per heavy atom. The fourth-order valence-electron chi connectivity index (χ4n) is 3.92. The maximum atomic E-state index is 12.7. The highest BCUT2D eigenvalue weighted by atomic mass is 32.1. The average Bonchev–Trinajstić information content (AvgIpc) is 3.20. The van der Waals surface area contributed by atoms with Crippen molar-refractivity contribution in [1.82, 2.24) is 4.98 Å². The molecule has 0 aliphatic heterocycles. The molecule has 1 aromatic heterocycles. The molecule has 0 radical (unpaired) electrons. The summed E-state index contributed by atoms with van der Waals surface area (Å²) in [7, 11) is 0. The van der Waals surface area contributed by atoms with Crippen LogP contribution in [0.25, 0.3) is 10.2 Å². The lowest BCUT2D eigenvalue weighted by atomic mass is 9.82. The molecule has 1 heterocycles. The van der Waals surface area contributed by atoms with Crippen LogP contribution in [0.1, 0.15) is 17.5 Å². The number of aliphatic carboxylic acids is 1. The molecule has 4 rings (SSSR count). The summed E-state index contributed by atoms with van der Waals surface area (Å²) in [6.45, 7) is 4.07. The minimum Gasteiger partial charge on any atom is -0.550 e. The van der Waals surface area contributed by atoms with E-state index in [-0.39, 0.29) is 17.7 Å². The van der Waals surface area contributed by atoms with Gasteiger partial charge in [-0.2, -0.15) is 0 Å². The number of aryl methyl sites for hydroxylation is 2. The van der Waals surface area contributed by atoms with Crippen LogP contribution in [0.3, 0.4) is 0 Å². The molecule has 2 aliphatic rings. The van der Waals surface area contributed by atoms with Crippen LogP contribution < -0.4 is 10.4 Å². The van der Waals surface area contributed by atoms with Gasteiger partial charge in [-0.05, 0) is 55.4 Å². The van der Waals surface area contributed by atoms with Gasteiger partial charge in [0.05, 0.1) is 16.1 Å². The minimum absolute atomic E-state index is 0.0169. The number of anilines is 1. The van der Waals surface area contributed by atoms with Gasteiger partial charge >= 0.3 is 0 Å². The van der Waals surface area contributed by atoms with Crippen molar-refractivity contribution < 1.29 is 14.7 Å². The first-order valence-corrected chi connectivity index (χ1v) is 8.83. The molecule has 1 fully saturated rings. The van der Waals surface area contributed by atoms with Gasteiger partial charge in [0, 0.05) is 11.9 Å². The highest BCUT2D eigenvalue weighted by Crippen LogP contribution is 2.48. The number of amides is 1. The average molecular weight is 341 g/mol. The SMILES string of the molecule is Cc1cc2nc(NC(=O)[C@@H]3[C@@H](C(=O)[O-])[C@H]4C=C[C@@H]3C4)sc2cc1C. The second kappa shape index (κ2) is 5.41. The summed E-state index contributed by atoms with van der Waals surface area (Å²) in [5.41, 5.74) is 3.18. The monoisotopic (exact) mass is 341 g/mol. The fourth-order valence-corrected chi connectivity index (χ4v) is 4.87. The molecule has 2 aromatic rings. The van der Waals surface area contributed by atoms with E-state index in [0.717, 1.165) is 22.2 Å². The topological polar surface area (TPSA) is 82.1 Å². The Bertz CT molecular complexity index is 847. The van der Waals surface area contributed by atoms with E-state index in [1.165, 1.54) is 16.9 Å². The molecule has 124 valence electrons. The van der Waals surface area contributed by atoms with Crippen molar-refractivity contribution in [1.29, 1.82) is 0 Å². The predicted molar refractivity (Wildman–Crippen MR) is 90.4 cm³/mol. The van der Waals surface area contributed by atoms with Crippen LogP contribution in [0, 0.1) is 37.5 Å². The maximum Gasteiger partial charge on any atom is 0.230 e. The number of carbonyl (C=O) groups is 2. The zero-order valence-electron chi connectivity index (χ0n) is 13.4. The quantitative estimate of drug-likeness (QED) is 0.866. The Kier molecular flexibility index (Phi) is 3.46. The third-order valence-corrected chi connectivity index (χ3v) is 6.20. The smallest absolute Gasteiger partial charge is 0.230 e. The van der Waals surface area contributed by atoms with Crippen LogP contribution in [0.2, 0.25) is 0 Å². The van der Waals surface area contributed by atoms with E-state index in [1.807, 2.05) is 32.1 Å². The van der Waals surface area contributed by atoms with Crippen molar-refractivity contribution in [3.63, 3.8) is 0 Å². The minimum atomic E-state index is -1.14. The zero-order valence-corrected chi connectivity index (χ0v) is 14.2. The number of thiazole rings is 1. The van der Waals surface area contributed by atoms with E-state index < -0.39 is 17.8 Å². The van der Waals surface area contributed by atoms with Crippen LogP contribution in [0.15, 0.2) is 24.3 Å². The molecule has 0 spiro atoms. The van der Waals surface area contributed by atoms with Crippen LogP contribution in [0.4, 0.5) is 5.13 Å². The molecule has 1 saturated carbocycles. The van der Waals surface area contributed by atoms with Gasteiger partial charge in [-0.25, -0.2) is 4.98 Å². The molecule has 0 unspecified atom stereocenters. The first kappa shape index (κ1) is 15.3. The molecule has 2 bridgehead atoms. The lowest BCUT2D eigenvalue weighted by molar-refractivity contribution is -0.313. The molecule has 5 nitrogen and oxygen atoms in total. The Morgan fingerprint density at radius 3 is 2.54 bits per heavy atom. The molecule has 6 heteroatoms. The molecular weight excluding hydrogens is 324 g/mol. The largest absolute Gasteiger partial charge is 0.550 e. The number of carbonyl (C=O) groups excluding carboxylic acids is 2. The van der Waals surface area contributed by atoms with Crippen molar-refractivity contribution in [3.05, 3.63) is 35.4 Å². The van der Waals surface area contributed by atoms with Crippen LogP contribution in [-0.4, -0.2) is 16.9 Å². The third-order valence-electron chi connectivity index (χ3n) is 5.27. The van der Waals surface area contributed by atoms with Gasteiger partial charge < -0.3 is 15.2 Å². The first-order valence-electron chi connectivity index (χ1n) is 8.02. The lowest BCUT2D eigenvalue weighted by Crippen LogP contribution is -2.42. The maximum absolute atomic E-state index is 12.7. The molecule has 1 amide bonds. The second-order valence-electron chi connectivity index (χ2n) is 6.73. The van der Waals surface area contributed by atoms with Gasteiger partial charge in [0.1, 0.15) is 0 Å². The number of fused-ring (bicyclic) bond motifs is 3. The first-order chi connectivity index (χ1) is 11.4. The summed E-state index contributed by atoms with van der Waals surface area (Å²) >= 11 is 1.41. The van der Waals surface area contributed by atoms with E-state index in [0.29, 0.717) is 5.13 Å². The molecule has 0 saturated heterocycles. The normalized spacial score (nSPS) is 27.8. The van der Waals surface area contributed by atoms with Gasteiger partial charge in [-0.3, -0.25) is 4.79 Å². The number of allylic oxidation sites excluding steroid dienone is 2. The molecule has 2 aliphatic carbocycles. The number of nitrogens with one attached hydrogen (secondary N) is 1. The highest BCUT2D eigenvalue weighted by molar-refractivity contribution is 7.22. The van der Waals surface area contributed by atoms with E-state index in [1.54, 1.807) is 0 Å². The highest BCUT2D eigenvalue weighted by Gasteiger charge is 2.48. The molecule has 1 aromatic carbocycles. The summed E-state index contributed by atoms with van der Waals surface area (Å²) in [5, 5.41) is 14.8. The number of nitrogens with zero attached hydrogens (tertiary/aromatic N) is 1. The number of hydrogen-bond acceptors (Lipinski definition) is 5. The van der Waals surface area contributed by atoms with Gasteiger partial charge in [-0.15, -0.1) is 0 Å². The van der Waals surface area contributed by atoms with Gasteiger partial charge in [0.25, 0.3) is 0 Å². The molecular formula is C18H17N2O3S-. The predicted octanol–water partition coefficient (Wildman–Crippen LogP) is 2.04. The Morgan fingerprint density at radius 2 is 1.83 bits per heavy atom. The molecule has 24 heavy (non-hydrogen) atoms. The van der Waals surface area contributed by atoms with E-state index in [2.05, 4.69) is 16.4 Å². The summed E-state index contributed by atoms with van der Waals surface area (Å²) in [6.07, 6.45) is 4.58. The summed E-state index contributed by atoms with van der Waals surface area (Å²) in [6, 6.07) is 4.06. The van der Waals surface area contributed by atoms with E-state index >= 15 is 0 Å². The van der Waals surface area contributed by atoms with E-state index in [9.17, 15) is 14.7 Å². The summed E-state index contributed by atoms with van der Waals surface area (Å²) in [4.78, 5) is 28.6. The van der Waals surface area contributed by atoms with E-state index in [4.69, 9.17) is 0 Å². The summed E-state index contributed by atoms with van der Waals surface area (Å²) < 4.78 is 1.01. The van der Waals surface area contributed by atoms with Crippen LogP contribution >= 0.6 is 11.3 Å². The van der Waals surface area contributed by atoms with Crippen molar-refractivity contribution in [2.75, 3.05) is 5.32 Å². The molecule has 4 atom stereocenters. The Balaban J connectivity index is 1.60. The summed E-state index contributed by atoms with van der Waals surface area (Å²) in [5.74, 6) is -2.82. The number of benzene rings is 1. The van der Waals surface area contributed by atoms with Crippen molar-refractivity contribution in [3.8, 4) is 0 Å². The van der Waals surface area contributed by atoms with Gasteiger partial charge in [0.2, 0.25) is 5.91 Å². The van der Waals surface area contributed by atoms with Crippen LogP contribution in [0.5, 0.6) is 0 Å². The van der Waals surface area contributed by atoms with Crippen molar-refractivity contribution in [2.24, 2.45) is 23.7 Å². The Labute approximate surface area is 143 Å². The number of carboxylic acid groups (broad SMARTS) is 1. The van der Waals surface area contributed by atoms with Crippen molar-refractivity contribution >= 4 is 38.6 Å². The number of aromatic nitrogens is 1. The standard InChI is InChI=1S/C18H18N2O3S/c1-8-5-12-13(6-9(8)2)24-18(19-12)20-16(21)14-10-3-4-11(7-10)15(14)17(22)23/h3-6,10-11,14-15H,7H2,1-2H3,(H,22,23)(H,19,20,21)/p-1/t10-,11+,14+,15+/m1/s1. The molecule has 1 N–H and O–H groups in total. The van der Waals surface area contributed by atoms with Gasteiger partial charge in [-0.1, -0.05) is 23.5 Å². The van der Waals surface area contributed by atoms with Crippen molar-refractivity contribution in [2.45, 2.75) is 20.3 Å². The fraction of sp³-hybridized carbons (Fsp3) is 0.389. The van der Waals surface area contributed by atoms with Crippen LogP contribution in [-0.2, 0) is 9.59 Å². The number of carboxylic acids is 1. The third kappa shape index (κ3) is 2.33.